The van der Waals surface area contributed by atoms with Gasteiger partial charge >= 0.3 is 8.80 Å². The highest BCUT2D eigenvalue weighted by Gasteiger charge is 2.36. The molecule has 0 aliphatic heterocycles. The molecular weight excluding hydrogens is 284 g/mol. The highest BCUT2D eigenvalue weighted by Crippen LogP contribution is 2.18. The minimum atomic E-state index is -2.39. The molecule has 0 heterocycles. The van der Waals surface area contributed by atoms with Gasteiger partial charge in [0.1, 0.15) is 5.75 Å². The molecule has 0 atom stereocenters. The molecule has 0 saturated carbocycles. The van der Waals surface area contributed by atoms with Crippen LogP contribution in [-0.4, -0.2) is 37.2 Å². The molecule has 1 aromatic carbocycles. The van der Waals surface area contributed by atoms with Gasteiger partial charge in [-0.15, -0.1) is 0 Å². The number of hydrogen-bond acceptors (Lipinski definition) is 4. The van der Waals surface area contributed by atoms with E-state index in [4.69, 9.17) is 18.0 Å². The Morgan fingerprint density at radius 1 is 0.905 bits per heavy atom. The molecule has 0 aliphatic carbocycles. The molecule has 0 N–H and O–H groups in total. The third-order valence-corrected chi connectivity index (χ3v) is 6.29. The van der Waals surface area contributed by atoms with E-state index in [2.05, 4.69) is 12.2 Å². The van der Waals surface area contributed by atoms with Crippen molar-refractivity contribution < 1.29 is 18.0 Å². The first-order chi connectivity index (χ1) is 10.2. The first-order valence-electron chi connectivity index (χ1n) is 7.15. The van der Waals surface area contributed by atoms with Gasteiger partial charge in [-0.2, -0.15) is 0 Å². The molecule has 0 aromatic heterocycles. The molecule has 0 saturated heterocycles. The molecule has 5 heteroatoms. The van der Waals surface area contributed by atoms with Crippen molar-refractivity contribution in [1.82, 2.24) is 0 Å². The summed E-state index contributed by atoms with van der Waals surface area (Å²) in [6, 6.07) is 8.89. The second kappa shape index (κ2) is 9.73. The normalized spacial score (nSPS) is 12.0. The molecule has 0 bridgehead atoms. The Bertz CT molecular complexity index is 405. The molecule has 0 fully saturated rings. The van der Waals surface area contributed by atoms with Crippen molar-refractivity contribution in [3.8, 4) is 5.75 Å². The Morgan fingerprint density at radius 2 is 1.52 bits per heavy atom. The van der Waals surface area contributed by atoms with Crippen LogP contribution < -0.4 is 4.74 Å². The van der Waals surface area contributed by atoms with Gasteiger partial charge in [0.05, 0.1) is 7.11 Å². The van der Waals surface area contributed by atoms with Crippen LogP contribution in [0, 0.1) is 0 Å². The van der Waals surface area contributed by atoms with Crippen LogP contribution in [0.1, 0.15) is 24.8 Å². The van der Waals surface area contributed by atoms with Crippen molar-refractivity contribution in [2.45, 2.75) is 25.3 Å². The second-order valence-corrected chi connectivity index (χ2v) is 7.81. The lowest BCUT2D eigenvalue weighted by atomic mass is 10.1. The Kier molecular flexibility index (Phi) is 8.30. The lowest BCUT2D eigenvalue weighted by Gasteiger charge is -2.24. The zero-order valence-corrected chi connectivity index (χ0v) is 14.4. The number of allylic oxidation sites excluding steroid dienone is 1. The van der Waals surface area contributed by atoms with Crippen LogP contribution in [0.25, 0.3) is 6.08 Å². The van der Waals surface area contributed by atoms with Gasteiger partial charge in [-0.25, -0.2) is 0 Å². The standard InChI is InChI=1S/C16H26O4Si/c1-17-16-12-10-15(11-13-16)9-7-5-6-8-14-21(18-2,19-3)20-4/h7,9-13H,5-6,8,14H2,1-4H3/b9-7+. The van der Waals surface area contributed by atoms with Crippen molar-refractivity contribution in [3.05, 3.63) is 35.9 Å². The van der Waals surface area contributed by atoms with Crippen molar-refractivity contribution in [3.63, 3.8) is 0 Å². The minimum absolute atomic E-state index is 0.854. The van der Waals surface area contributed by atoms with Gasteiger partial charge in [0.25, 0.3) is 0 Å². The summed E-state index contributed by atoms with van der Waals surface area (Å²) in [6.45, 7) is 0. The third kappa shape index (κ3) is 6.01. The highest BCUT2D eigenvalue weighted by atomic mass is 28.4. The quantitative estimate of drug-likeness (QED) is 0.487. The van der Waals surface area contributed by atoms with Gasteiger partial charge < -0.3 is 18.0 Å². The molecule has 0 radical (unpaired) electrons. The monoisotopic (exact) mass is 310 g/mol. The van der Waals surface area contributed by atoms with Crippen LogP contribution in [0.5, 0.6) is 5.75 Å². The van der Waals surface area contributed by atoms with E-state index in [-0.39, 0.29) is 0 Å². The Labute approximate surface area is 129 Å². The zero-order valence-electron chi connectivity index (χ0n) is 13.4. The minimum Gasteiger partial charge on any atom is -0.497 e. The summed E-state index contributed by atoms with van der Waals surface area (Å²) in [5, 5.41) is 0. The van der Waals surface area contributed by atoms with E-state index >= 15 is 0 Å². The fourth-order valence-electron chi connectivity index (χ4n) is 2.09. The molecule has 0 aliphatic rings. The highest BCUT2D eigenvalue weighted by molar-refractivity contribution is 6.60. The first kappa shape index (κ1) is 17.9. The van der Waals surface area contributed by atoms with Gasteiger partial charge in [0, 0.05) is 27.4 Å². The van der Waals surface area contributed by atoms with Gasteiger partial charge in [0.2, 0.25) is 0 Å². The predicted octanol–water partition coefficient (Wildman–Crippen LogP) is 3.76. The van der Waals surface area contributed by atoms with Crippen LogP contribution in [0.3, 0.4) is 0 Å². The van der Waals surface area contributed by atoms with E-state index < -0.39 is 8.80 Å². The van der Waals surface area contributed by atoms with Crippen molar-refractivity contribution >= 4 is 14.9 Å². The number of ether oxygens (including phenoxy) is 1. The summed E-state index contributed by atoms with van der Waals surface area (Å²) in [6.07, 6.45) is 7.49. The van der Waals surface area contributed by atoms with Crippen molar-refractivity contribution in [2.24, 2.45) is 0 Å². The molecule has 118 valence electrons. The SMILES string of the molecule is COc1ccc(/C=C/CCCC[Si](OC)(OC)OC)cc1. The maximum atomic E-state index is 5.40. The molecule has 0 spiro atoms. The summed E-state index contributed by atoms with van der Waals surface area (Å²) in [7, 11) is 4.25. The third-order valence-electron chi connectivity index (χ3n) is 3.46. The van der Waals surface area contributed by atoms with Crippen LogP contribution in [0.4, 0.5) is 0 Å². The van der Waals surface area contributed by atoms with Crippen LogP contribution in [0.15, 0.2) is 30.3 Å². The molecular formula is C16H26O4Si. The molecule has 0 unspecified atom stereocenters. The van der Waals surface area contributed by atoms with Crippen molar-refractivity contribution in [2.75, 3.05) is 28.4 Å². The van der Waals surface area contributed by atoms with E-state index in [9.17, 15) is 0 Å². The summed E-state index contributed by atoms with van der Waals surface area (Å²) < 4.78 is 21.3. The largest absolute Gasteiger partial charge is 0.500 e. The topological polar surface area (TPSA) is 36.9 Å². The average Bonchev–Trinajstić information content (AvgIpc) is 2.55. The van der Waals surface area contributed by atoms with E-state index in [1.807, 2.05) is 24.3 Å². The maximum absolute atomic E-state index is 5.40. The van der Waals surface area contributed by atoms with E-state index in [0.29, 0.717) is 0 Å². The molecule has 1 aromatic rings. The van der Waals surface area contributed by atoms with E-state index in [1.165, 1.54) is 5.56 Å². The Balaban J connectivity index is 2.28. The molecule has 21 heavy (non-hydrogen) atoms. The molecule has 4 nitrogen and oxygen atoms in total. The van der Waals surface area contributed by atoms with E-state index in [0.717, 1.165) is 31.1 Å². The van der Waals surface area contributed by atoms with Crippen molar-refractivity contribution in [1.29, 1.82) is 0 Å². The van der Waals surface area contributed by atoms with Gasteiger partial charge in [-0.3, -0.25) is 0 Å². The predicted molar refractivity (Wildman–Crippen MR) is 87.5 cm³/mol. The summed E-state index contributed by atoms with van der Waals surface area (Å²) in [4.78, 5) is 0. The number of hydrogen-bond donors (Lipinski definition) is 0. The molecule has 1 rings (SSSR count). The van der Waals surface area contributed by atoms with Crippen LogP contribution in [0.2, 0.25) is 6.04 Å². The lowest BCUT2D eigenvalue weighted by molar-refractivity contribution is 0.123. The fraction of sp³-hybridized carbons (Fsp3) is 0.500. The summed E-state index contributed by atoms with van der Waals surface area (Å²) in [5.41, 5.74) is 1.19. The average molecular weight is 310 g/mol. The van der Waals surface area contributed by atoms with Crippen LogP contribution in [-0.2, 0) is 13.3 Å². The lowest BCUT2D eigenvalue weighted by Crippen LogP contribution is -2.42. The number of benzene rings is 1. The van der Waals surface area contributed by atoms with E-state index in [1.54, 1.807) is 28.4 Å². The van der Waals surface area contributed by atoms with Gasteiger partial charge in [0.15, 0.2) is 0 Å². The number of methoxy groups -OCH3 is 1. The Morgan fingerprint density at radius 3 is 2.05 bits per heavy atom. The Hall–Kier alpha value is -1.14. The second-order valence-electron chi connectivity index (χ2n) is 4.72. The smallest absolute Gasteiger partial charge is 0.497 e. The van der Waals surface area contributed by atoms with Crippen LogP contribution >= 0.6 is 0 Å². The fourth-order valence-corrected chi connectivity index (χ4v) is 3.89. The summed E-state index contributed by atoms with van der Waals surface area (Å²) in [5.74, 6) is 0.882. The summed E-state index contributed by atoms with van der Waals surface area (Å²) >= 11 is 0. The maximum Gasteiger partial charge on any atom is 0.500 e. The number of unbranched alkanes of at least 4 members (excludes halogenated alkanes) is 2. The van der Waals surface area contributed by atoms with Gasteiger partial charge in [-0.1, -0.05) is 24.3 Å². The number of rotatable bonds is 10. The first-order valence-corrected chi connectivity index (χ1v) is 9.09. The zero-order chi connectivity index (χ0) is 15.6. The molecule has 0 amide bonds. The van der Waals surface area contributed by atoms with Gasteiger partial charge in [-0.05, 0) is 37.0 Å².